The van der Waals surface area contributed by atoms with Crippen molar-refractivity contribution >= 4 is 39.5 Å². The fraction of sp³-hybridized carbons (Fsp3) is 0.250. The van der Waals surface area contributed by atoms with E-state index in [1.807, 2.05) is 0 Å². The summed E-state index contributed by atoms with van der Waals surface area (Å²) in [4.78, 5) is 36.0. The average molecular weight is 329 g/mol. The molecule has 100 valence electrons. The highest BCUT2D eigenvalue weighted by molar-refractivity contribution is 9.10. The zero-order chi connectivity index (χ0) is 14.3. The van der Waals surface area contributed by atoms with Crippen LogP contribution in [0, 0.1) is 18.7 Å². The molecule has 0 saturated carbocycles. The molecule has 0 aliphatic carbocycles. The van der Waals surface area contributed by atoms with Crippen LogP contribution < -0.4 is 10.2 Å². The Bertz CT molecular complexity index is 603. The highest BCUT2D eigenvalue weighted by Gasteiger charge is 2.39. The molecule has 5 nitrogen and oxygen atoms in total. The number of barbiturate groups is 1. The van der Waals surface area contributed by atoms with Gasteiger partial charge in [-0.15, -0.1) is 0 Å². The van der Waals surface area contributed by atoms with Crippen LogP contribution in [0.15, 0.2) is 16.6 Å². The van der Waals surface area contributed by atoms with Gasteiger partial charge >= 0.3 is 6.03 Å². The Morgan fingerprint density at radius 3 is 2.58 bits per heavy atom. The molecule has 1 fully saturated rings. The van der Waals surface area contributed by atoms with Crippen molar-refractivity contribution in [3.63, 3.8) is 0 Å². The van der Waals surface area contributed by atoms with Crippen LogP contribution in [-0.2, 0) is 9.59 Å². The lowest BCUT2D eigenvalue weighted by atomic mass is 10.1. The number of carbonyl (C=O) groups is 3. The van der Waals surface area contributed by atoms with E-state index >= 15 is 0 Å². The van der Waals surface area contributed by atoms with Crippen LogP contribution >= 0.6 is 15.9 Å². The van der Waals surface area contributed by atoms with Gasteiger partial charge in [-0.25, -0.2) is 14.1 Å². The van der Waals surface area contributed by atoms with E-state index in [1.165, 1.54) is 19.1 Å². The minimum absolute atomic E-state index is 0.137. The minimum Gasteiger partial charge on any atom is -0.277 e. The third-order valence-corrected chi connectivity index (χ3v) is 3.50. The molecule has 1 aromatic rings. The summed E-state index contributed by atoms with van der Waals surface area (Å²) < 4.78 is 13.5. The van der Waals surface area contributed by atoms with Crippen molar-refractivity contribution in [2.45, 2.75) is 13.8 Å². The summed E-state index contributed by atoms with van der Waals surface area (Å²) in [6, 6.07) is 1.72. The lowest BCUT2D eigenvalue weighted by molar-refractivity contribution is -0.133. The van der Waals surface area contributed by atoms with Gasteiger partial charge in [-0.1, -0.05) is 0 Å². The smallest absolute Gasteiger partial charge is 0.277 e. The van der Waals surface area contributed by atoms with Gasteiger partial charge in [0, 0.05) is 0 Å². The molecule has 4 amide bonds. The van der Waals surface area contributed by atoms with E-state index in [4.69, 9.17) is 0 Å². The molecule has 0 radical (unpaired) electrons. The molecular formula is C12H10BrFN2O3. The quantitative estimate of drug-likeness (QED) is 0.803. The van der Waals surface area contributed by atoms with Gasteiger partial charge < -0.3 is 0 Å². The Balaban J connectivity index is 2.52. The summed E-state index contributed by atoms with van der Waals surface area (Å²) in [5, 5.41) is 2.09. The van der Waals surface area contributed by atoms with E-state index in [2.05, 4.69) is 21.2 Å². The van der Waals surface area contributed by atoms with Crippen molar-refractivity contribution in [1.29, 1.82) is 0 Å². The summed E-state index contributed by atoms with van der Waals surface area (Å²) in [5.41, 5.74) is 0.667. The molecule has 1 atom stereocenters. The number of imide groups is 2. The minimum atomic E-state index is -0.957. The Hall–Kier alpha value is -1.76. The van der Waals surface area contributed by atoms with E-state index in [0.717, 1.165) is 4.90 Å². The van der Waals surface area contributed by atoms with Crippen molar-refractivity contribution in [3.8, 4) is 0 Å². The molecule has 0 spiro atoms. The predicted octanol–water partition coefficient (Wildman–Crippen LogP) is 2.12. The molecular weight excluding hydrogens is 319 g/mol. The molecule has 1 aliphatic heterocycles. The number of hydrogen-bond donors (Lipinski definition) is 1. The highest BCUT2D eigenvalue weighted by atomic mass is 79.9. The van der Waals surface area contributed by atoms with Crippen molar-refractivity contribution in [2.24, 2.45) is 5.92 Å². The largest absolute Gasteiger partial charge is 0.335 e. The second-order valence-electron chi connectivity index (χ2n) is 4.24. The van der Waals surface area contributed by atoms with E-state index in [9.17, 15) is 18.8 Å². The number of aryl methyl sites for hydroxylation is 1. The van der Waals surface area contributed by atoms with Crippen LogP contribution in [0.5, 0.6) is 0 Å². The first-order valence-electron chi connectivity index (χ1n) is 5.47. The summed E-state index contributed by atoms with van der Waals surface area (Å²) in [6.45, 7) is 2.98. The first-order chi connectivity index (χ1) is 8.82. The lowest BCUT2D eigenvalue weighted by Gasteiger charge is -2.29. The number of hydrogen-bond acceptors (Lipinski definition) is 3. The van der Waals surface area contributed by atoms with Crippen LogP contribution in [-0.4, -0.2) is 17.8 Å². The first kappa shape index (κ1) is 13.7. The third-order valence-electron chi connectivity index (χ3n) is 2.90. The number of anilines is 1. The maximum absolute atomic E-state index is 13.4. The number of rotatable bonds is 1. The van der Waals surface area contributed by atoms with Gasteiger partial charge in [0.2, 0.25) is 11.8 Å². The van der Waals surface area contributed by atoms with E-state index in [1.54, 1.807) is 6.92 Å². The summed E-state index contributed by atoms with van der Waals surface area (Å²) in [6.07, 6.45) is 0. The number of benzene rings is 1. The number of amides is 4. The Morgan fingerprint density at radius 2 is 1.95 bits per heavy atom. The van der Waals surface area contributed by atoms with Gasteiger partial charge in [-0.05, 0) is 47.5 Å². The SMILES string of the molecule is Cc1cc(F)c(Br)cc1N1C(=O)NC(=O)C(C)C1=O. The summed E-state index contributed by atoms with van der Waals surface area (Å²) >= 11 is 3.00. The Labute approximate surface area is 116 Å². The normalized spacial score (nSPS) is 19.7. The fourth-order valence-corrected chi connectivity index (χ4v) is 2.11. The van der Waals surface area contributed by atoms with Crippen LogP contribution in [0.1, 0.15) is 12.5 Å². The Kier molecular flexibility index (Phi) is 3.40. The maximum atomic E-state index is 13.4. The van der Waals surface area contributed by atoms with Crippen LogP contribution in [0.4, 0.5) is 14.9 Å². The fourth-order valence-electron chi connectivity index (χ4n) is 1.78. The predicted molar refractivity (Wildman–Crippen MR) is 69.0 cm³/mol. The molecule has 2 rings (SSSR count). The van der Waals surface area contributed by atoms with Gasteiger partial charge in [0.05, 0.1) is 10.2 Å². The molecule has 0 aromatic heterocycles. The molecule has 19 heavy (non-hydrogen) atoms. The third kappa shape index (κ3) is 2.25. The average Bonchev–Trinajstić information content (AvgIpc) is 2.33. The van der Waals surface area contributed by atoms with Crippen molar-refractivity contribution < 1.29 is 18.8 Å². The van der Waals surface area contributed by atoms with Crippen molar-refractivity contribution in [3.05, 3.63) is 28.0 Å². The molecule has 0 bridgehead atoms. The molecule has 1 aromatic carbocycles. The topological polar surface area (TPSA) is 66.5 Å². The summed E-state index contributed by atoms with van der Waals surface area (Å²) in [5.74, 6) is -2.71. The number of carbonyl (C=O) groups excluding carboxylic acids is 3. The van der Waals surface area contributed by atoms with Crippen LogP contribution in [0.25, 0.3) is 0 Å². The van der Waals surface area contributed by atoms with Gasteiger partial charge in [0.15, 0.2) is 0 Å². The standard InChI is InChI=1S/C12H10BrFN2O3/c1-5-3-8(14)7(13)4-9(5)16-11(18)6(2)10(17)15-12(16)19/h3-4,6H,1-2H3,(H,15,17,19). The van der Waals surface area contributed by atoms with E-state index in [-0.39, 0.29) is 10.2 Å². The molecule has 1 heterocycles. The van der Waals surface area contributed by atoms with Crippen LogP contribution in [0.3, 0.4) is 0 Å². The Morgan fingerprint density at radius 1 is 1.32 bits per heavy atom. The number of nitrogens with zero attached hydrogens (tertiary/aromatic N) is 1. The lowest BCUT2D eigenvalue weighted by Crippen LogP contribution is -2.57. The maximum Gasteiger partial charge on any atom is 0.335 e. The zero-order valence-corrected chi connectivity index (χ0v) is 11.7. The number of halogens is 2. The molecule has 7 heteroatoms. The highest BCUT2D eigenvalue weighted by Crippen LogP contribution is 2.29. The molecule has 1 unspecified atom stereocenters. The monoisotopic (exact) mass is 328 g/mol. The van der Waals surface area contributed by atoms with Gasteiger partial charge in [-0.3, -0.25) is 14.9 Å². The van der Waals surface area contributed by atoms with Gasteiger partial charge in [-0.2, -0.15) is 0 Å². The first-order valence-corrected chi connectivity index (χ1v) is 6.26. The van der Waals surface area contributed by atoms with E-state index in [0.29, 0.717) is 5.56 Å². The van der Waals surface area contributed by atoms with Gasteiger partial charge in [0.1, 0.15) is 11.7 Å². The number of urea groups is 1. The second-order valence-corrected chi connectivity index (χ2v) is 5.10. The van der Waals surface area contributed by atoms with Crippen LogP contribution in [0.2, 0.25) is 0 Å². The van der Waals surface area contributed by atoms with Crippen molar-refractivity contribution in [2.75, 3.05) is 4.90 Å². The van der Waals surface area contributed by atoms with Crippen molar-refractivity contribution in [1.82, 2.24) is 5.32 Å². The zero-order valence-electron chi connectivity index (χ0n) is 10.2. The molecule has 1 saturated heterocycles. The summed E-state index contributed by atoms with van der Waals surface area (Å²) in [7, 11) is 0. The number of nitrogens with one attached hydrogen (secondary N) is 1. The second kappa shape index (κ2) is 4.73. The van der Waals surface area contributed by atoms with Gasteiger partial charge in [0.25, 0.3) is 0 Å². The molecule has 1 aliphatic rings. The molecule has 1 N–H and O–H groups in total. The van der Waals surface area contributed by atoms with E-state index < -0.39 is 29.6 Å².